The first kappa shape index (κ1) is 45.5. The molecule has 0 spiro atoms. The van der Waals surface area contributed by atoms with Crippen molar-refractivity contribution in [3.8, 4) is 5.69 Å². The van der Waals surface area contributed by atoms with Crippen molar-refractivity contribution < 1.29 is 128 Å². The number of fused-ring (bicyclic) bond motifs is 3. The van der Waals surface area contributed by atoms with E-state index in [1.165, 1.54) is 42.5 Å². The second kappa shape index (κ2) is 18.6. The van der Waals surface area contributed by atoms with Crippen LogP contribution >= 0.6 is 0 Å². The molecule has 6 aromatic rings. The van der Waals surface area contributed by atoms with Gasteiger partial charge in [-0.05, 0) is 64.8 Å². The van der Waals surface area contributed by atoms with Gasteiger partial charge in [0, 0.05) is 29.1 Å². The van der Waals surface area contributed by atoms with Gasteiger partial charge in [0.1, 0.15) is 37.1 Å². The summed E-state index contributed by atoms with van der Waals surface area (Å²) in [6.45, 7) is 3.83. The van der Waals surface area contributed by atoms with Crippen molar-refractivity contribution in [1.29, 1.82) is 0 Å². The van der Waals surface area contributed by atoms with Crippen molar-refractivity contribution in [2.75, 3.05) is 36.5 Å². The third-order valence-electron chi connectivity index (χ3n) is 8.04. The molecule has 0 amide bonds. The molecule has 4 aromatic carbocycles. The normalized spacial score (nSPS) is 13.9. The van der Waals surface area contributed by atoms with Crippen LogP contribution in [0.1, 0.15) is 17.0 Å². The summed E-state index contributed by atoms with van der Waals surface area (Å²) in [5.41, 5.74) is 0.600. The molecule has 7 rings (SSSR count). The molecule has 1 atom stereocenters. The molecule has 3 heterocycles. The summed E-state index contributed by atoms with van der Waals surface area (Å²) in [5.74, 6) is 0.924. The number of aromatic nitrogens is 6. The molecule has 268 valence electrons. The summed E-state index contributed by atoms with van der Waals surface area (Å²) in [6, 6.07) is 15.6. The molecule has 2 aromatic heterocycles. The Bertz CT molecular complexity index is 2680. The van der Waals surface area contributed by atoms with Crippen molar-refractivity contribution in [1.82, 2.24) is 29.9 Å². The first-order valence-corrected chi connectivity index (χ1v) is 19.2. The maximum Gasteiger partial charge on any atom is 1.00 e. The zero-order valence-corrected chi connectivity index (χ0v) is 38.3. The Morgan fingerprint density at radius 3 is 2.05 bits per heavy atom. The van der Waals surface area contributed by atoms with Gasteiger partial charge < -0.3 is 28.6 Å². The van der Waals surface area contributed by atoms with Crippen LogP contribution in [0.15, 0.2) is 81.4 Å². The van der Waals surface area contributed by atoms with E-state index >= 15 is 0 Å². The molecular weight excluding hydrogens is 806 g/mol. The summed E-state index contributed by atoms with van der Waals surface area (Å²) >= 11 is -2.58. The Balaban J connectivity index is 0.00000224. The van der Waals surface area contributed by atoms with Gasteiger partial charge >= 0.3 is 88.7 Å². The molecule has 0 aliphatic carbocycles. The van der Waals surface area contributed by atoms with Crippen LogP contribution in [0.4, 0.5) is 17.6 Å². The third kappa shape index (κ3) is 10.3. The van der Waals surface area contributed by atoms with Crippen molar-refractivity contribution in [2.24, 2.45) is 0 Å². The number of aryl methyl sites for hydroxylation is 1. The number of benzene rings is 4. The summed E-state index contributed by atoms with van der Waals surface area (Å²) in [4.78, 5) is 14.7. The maximum atomic E-state index is 12.4. The van der Waals surface area contributed by atoms with Crippen LogP contribution in [0.25, 0.3) is 39.6 Å². The average molecular weight is 831 g/mol. The first-order valence-electron chi connectivity index (χ1n) is 15.3. The van der Waals surface area contributed by atoms with Crippen molar-refractivity contribution in [3.63, 3.8) is 0 Å². The predicted octanol–water partition coefficient (Wildman–Crippen LogP) is -6.12. The molecule has 55 heavy (non-hydrogen) atoms. The number of rotatable bonds is 9. The fourth-order valence-corrected chi connectivity index (χ4v) is 7.62. The Morgan fingerprint density at radius 2 is 1.42 bits per heavy atom. The number of ether oxygens (including phenoxy) is 1. The van der Waals surface area contributed by atoms with Gasteiger partial charge in [0.2, 0.25) is 11.9 Å². The van der Waals surface area contributed by atoms with E-state index in [0.717, 1.165) is 16.9 Å². The van der Waals surface area contributed by atoms with E-state index in [9.17, 15) is 34.7 Å². The zero-order valence-electron chi connectivity index (χ0n) is 29.9. The standard InChI is InChI=1S/C32H28N8O9S3.3Na/c1-19-33-31(36-32(34-19)39-12-14-49-15-13-39)35-22-10-8-20(28(16-22)51(43,44)45)6-7-21-9-11-23(17-29(21)52(46,47)48)40-37-26-18-27(50(41)42)24-4-2-3-5-25(24)30(26)38-40;;;/h2-11,16-18H,12-15H2,1H3,(H,41,42)(H,43,44,45)(H,46,47,48)(H,33,34,35,36);;;/q;3*+1/p-3/b7-6+;;;. The average Bonchev–Trinajstić information content (AvgIpc) is 3.55. The second-order valence-electron chi connectivity index (χ2n) is 11.5. The Labute approximate surface area is 384 Å². The number of nitrogens with zero attached hydrogens (tertiary/aromatic N) is 7. The number of hydrogen-bond donors (Lipinski definition) is 1. The summed E-state index contributed by atoms with van der Waals surface area (Å²) in [7, 11) is -10.2. The molecular formula is C32H25N8Na3O9S3. The van der Waals surface area contributed by atoms with Crippen LogP contribution in [-0.4, -0.2) is 91.0 Å². The minimum absolute atomic E-state index is 0. The molecule has 1 fully saturated rings. The van der Waals surface area contributed by atoms with Crippen molar-refractivity contribution >= 4 is 82.9 Å². The molecule has 1 aliphatic rings. The Hall–Kier alpha value is -2.22. The molecule has 1 unspecified atom stereocenters. The predicted molar refractivity (Wildman–Crippen MR) is 186 cm³/mol. The van der Waals surface area contributed by atoms with Gasteiger partial charge in [-0.25, -0.2) is 16.8 Å². The van der Waals surface area contributed by atoms with E-state index in [-0.39, 0.29) is 128 Å². The van der Waals surface area contributed by atoms with Crippen molar-refractivity contribution in [3.05, 3.63) is 83.7 Å². The van der Waals surface area contributed by atoms with Gasteiger partial charge in [-0.15, -0.1) is 10.2 Å². The van der Waals surface area contributed by atoms with E-state index in [1.807, 2.05) is 4.90 Å². The fourth-order valence-electron chi connectivity index (χ4n) is 5.67. The topological polar surface area (TPSA) is 248 Å². The number of nitrogens with one attached hydrogen (secondary N) is 1. The molecule has 1 aliphatic heterocycles. The second-order valence-corrected chi connectivity index (χ2v) is 15.1. The van der Waals surface area contributed by atoms with Crippen molar-refractivity contribution in [2.45, 2.75) is 21.6 Å². The van der Waals surface area contributed by atoms with Crippen LogP contribution in [-0.2, 0) is 36.1 Å². The fraction of sp³-hybridized carbons (Fsp3) is 0.156. The van der Waals surface area contributed by atoms with Crippen LogP contribution in [0.5, 0.6) is 0 Å². The maximum absolute atomic E-state index is 12.4. The Morgan fingerprint density at radius 1 is 0.800 bits per heavy atom. The minimum Gasteiger partial charge on any atom is -0.768 e. The van der Waals surface area contributed by atoms with E-state index < -0.39 is 41.1 Å². The van der Waals surface area contributed by atoms with Crippen LogP contribution in [0.3, 0.4) is 0 Å². The molecule has 23 heteroatoms. The summed E-state index contributed by atoms with van der Waals surface area (Å²) in [6.07, 6.45) is 2.38. The van der Waals surface area contributed by atoms with E-state index in [4.69, 9.17) is 4.74 Å². The molecule has 1 saturated heterocycles. The van der Waals surface area contributed by atoms with Gasteiger partial charge in [-0.3, -0.25) is 4.21 Å². The SMILES string of the molecule is Cc1nc(Nc2ccc(/C=C/c3ccc(-n4nc5cc(S(=O)[O-])c6ccccc6c5n4)cc3S(=O)(=O)[O-])c(S(=O)(=O)[O-])c2)nc(N2CCOCC2)n1.[Na+].[Na+].[Na+]. The van der Waals surface area contributed by atoms with E-state index in [1.54, 1.807) is 31.2 Å². The van der Waals surface area contributed by atoms with Gasteiger partial charge in [-0.2, -0.15) is 19.7 Å². The van der Waals surface area contributed by atoms with Gasteiger partial charge in [0.15, 0.2) is 0 Å². The summed E-state index contributed by atoms with van der Waals surface area (Å²) in [5, 5.41) is 12.6. The van der Waals surface area contributed by atoms with E-state index in [2.05, 4.69) is 30.5 Å². The minimum atomic E-state index is -5.12. The molecule has 0 saturated carbocycles. The van der Waals surface area contributed by atoms with Gasteiger partial charge in [0.25, 0.3) is 0 Å². The number of anilines is 3. The third-order valence-corrected chi connectivity index (χ3v) is 10.5. The largest absolute Gasteiger partial charge is 1.00 e. The molecule has 0 bridgehead atoms. The molecule has 0 radical (unpaired) electrons. The first-order chi connectivity index (χ1) is 24.7. The van der Waals surface area contributed by atoms with Crippen LogP contribution < -0.4 is 98.9 Å². The number of morpholine rings is 1. The van der Waals surface area contributed by atoms with Gasteiger partial charge in [-0.1, -0.05) is 48.6 Å². The summed E-state index contributed by atoms with van der Waals surface area (Å²) < 4.78 is 103. The van der Waals surface area contributed by atoms with E-state index in [0.29, 0.717) is 54.4 Å². The monoisotopic (exact) mass is 830 g/mol. The Kier molecular flexibility index (Phi) is 15.4. The zero-order chi connectivity index (χ0) is 36.8. The quantitative estimate of drug-likeness (QED) is 0.0616. The van der Waals surface area contributed by atoms with Crippen LogP contribution in [0.2, 0.25) is 0 Å². The smallest absolute Gasteiger partial charge is 0.768 e. The van der Waals surface area contributed by atoms with Crippen LogP contribution in [0, 0.1) is 6.92 Å². The number of hydrogen-bond acceptors (Lipinski definition) is 16. The van der Waals surface area contributed by atoms with Gasteiger partial charge in [0.05, 0.1) is 28.7 Å². The molecule has 17 nitrogen and oxygen atoms in total. The molecule has 1 N–H and O–H groups in total.